The van der Waals surface area contributed by atoms with Crippen molar-refractivity contribution in [3.8, 4) is 0 Å². The van der Waals surface area contributed by atoms with Gasteiger partial charge in [-0.2, -0.15) is 0 Å². The van der Waals surface area contributed by atoms with Crippen molar-refractivity contribution in [2.45, 2.75) is 17.7 Å². The van der Waals surface area contributed by atoms with Crippen LogP contribution >= 0.6 is 23.1 Å². The molecule has 1 amide bonds. The summed E-state index contributed by atoms with van der Waals surface area (Å²) in [4.78, 5) is 17.3. The molecule has 0 radical (unpaired) electrons. The average molecular weight is 339 g/mol. The van der Waals surface area contributed by atoms with Crippen LogP contribution in [-0.4, -0.2) is 36.2 Å². The molecule has 5 nitrogen and oxygen atoms in total. The van der Waals surface area contributed by atoms with E-state index in [-0.39, 0.29) is 5.48 Å². The first-order valence-electron chi connectivity index (χ1n) is 6.82. The van der Waals surface area contributed by atoms with Crippen molar-refractivity contribution in [3.63, 3.8) is 0 Å². The largest absolute Gasteiger partial charge is 0.412 e. The third kappa shape index (κ3) is 5.67. The van der Waals surface area contributed by atoms with Crippen LogP contribution in [0.4, 0.5) is 10.8 Å². The van der Waals surface area contributed by atoms with Crippen molar-refractivity contribution in [3.05, 3.63) is 35.8 Å². The van der Waals surface area contributed by atoms with Crippen LogP contribution in [0.5, 0.6) is 0 Å². The SMILES string of the molecule is CSc1cccc(N2CCCC2)c1.O.O=CNc1nccs1. The Morgan fingerprint density at radius 1 is 1.36 bits per heavy atom. The lowest BCUT2D eigenvalue weighted by Crippen LogP contribution is -2.17. The highest BCUT2D eigenvalue weighted by Gasteiger charge is 2.11. The van der Waals surface area contributed by atoms with Gasteiger partial charge in [-0.25, -0.2) is 4.98 Å². The first-order chi connectivity index (χ1) is 10.3. The van der Waals surface area contributed by atoms with E-state index in [9.17, 15) is 4.79 Å². The summed E-state index contributed by atoms with van der Waals surface area (Å²) >= 11 is 3.21. The van der Waals surface area contributed by atoms with Gasteiger partial charge in [0, 0.05) is 35.2 Å². The van der Waals surface area contributed by atoms with Gasteiger partial charge in [0.25, 0.3) is 0 Å². The van der Waals surface area contributed by atoms with E-state index in [4.69, 9.17) is 0 Å². The Morgan fingerprint density at radius 3 is 2.73 bits per heavy atom. The molecule has 1 fully saturated rings. The quantitative estimate of drug-likeness (QED) is 0.686. The molecule has 2 aromatic rings. The van der Waals surface area contributed by atoms with Gasteiger partial charge in [0.15, 0.2) is 5.13 Å². The van der Waals surface area contributed by atoms with E-state index in [2.05, 4.69) is 45.7 Å². The normalized spacial score (nSPS) is 12.9. The fourth-order valence-electron chi connectivity index (χ4n) is 2.13. The fraction of sp³-hybridized carbons (Fsp3) is 0.333. The molecule has 0 aliphatic carbocycles. The van der Waals surface area contributed by atoms with Crippen LogP contribution in [-0.2, 0) is 4.79 Å². The zero-order valence-electron chi connectivity index (χ0n) is 12.5. The highest BCUT2D eigenvalue weighted by Crippen LogP contribution is 2.24. The van der Waals surface area contributed by atoms with Crippen LogP contribution in [0, 0.1) is 0 Å². The minimum absolute atomic E-state index is 0. The Labute approximate surface area is 139 Å². The van der Waals surface area contributed by atoms with Gasteiger partial charge >= 0.3 is 0 Å². The zero-order chi connectivity index (χ0) is 14.9. The maximum atomic E-state index is 9.73. The average Bonchev–Trinajstić information content (AvgIpc) is 3.22. The summed E-state index contributed by atoms with van der Waals surface area (Å²) < 4.78 is 0. The molecule has 3 rings (SSSR count). The minimum Gasteiger partial charge on any atom is -0.412 e. The van der Waals surface area contributed by atoms with Gasteiger partial charge < -0.3 is 15.7 Å². The van der Waals surface area contributed by atoms with Gasteiger partial charge in [0.05, 0.1) is 0 Å². The molecule has 3 N–H and O–H groups in total. The molecule has 0 saturated carbocycles. The molecule has 1 aliphatic heterocycles. The zero-order valence-corrected chi connectivity index (χ0v) is 14.1. The monoisotopic (exact) mass is 339 g/mol. The smallest absolute Gasteiger partial charge is 0.213 e. The summed E-state index contributed by atoms with van der Waals surface area (Å²) in [5, 5.41) is 4.85. The number of benzene rings is 1. The van der Waals surface area contributed by atoms with Gasteiger partial charge in [-0.1, -0.05) is 6.07 Å². The van der Waals surface area contributed by atoms with E-state index in [1.165, 1.54) is 47.9 Å². The lowest BCUT2D eigenvalue weighted by atomic mass is 10.3. The molecule has 0 bridgehead atoms. The third-order valence-corrected chi connectivity index (χ3v) is 4.57. The molecular formula is C15H21N3O2S2. The van der Waals surface area contributed by atoms with E-state index in [0.717, 1.165) is 0 Å². The van der Waals surface area contributed by atoms with Crippen molar-refractivity contribution in [2.75, 3.05) is 29.6 Å². The number of carbonyl (C=O) groups excluding carboxylic acids is 1. The van der Waals surface area contributed by atoms with E-state index < -0.39 is 0 Å². The second-order valence-corrected chi connectivity index (χ2v) is 6.27. The summed E-state index contributed by atoms with van der Waals surface area (Å²) in [7, 11) is 0. The lowest BCUT2D eigenvalue weighted by molar-refractivity contribution is -0.105. The molecule has 0 spiro atoms. The molecule has 1 aromatic carbocycles. The molecule has 1 aromatic heterocycles. The number of amides is 1. The van der Waals surface area contributed by atoms with Crippen LogP contribution in [0.3, 0.4) is 0 Å². The van der Waals surface area contributed by atoms with Crippen molar-refractivity contribution in [2.24, 2.45) is 0 Å². The van der Waals surface area contributed by atoms with Gasteiger partial charge in [0.1, 0.15) is 0 Å². The molecule has 1 saturated heterocycles. The number of rotatable bonds is 4. The van der Waals surface area contributed by atoms with Crippen LogP contribution < -0.4 is 10.2 Å². The second-order valence-electron chi connectivity index (χ2n) is 4.50. The number of nitrogens with zero attached hydrogens (tertiary/aromatic N) is 2. The van der Waals surface area contributed by atoms with Crippen molar-refractivity contribution >= 4 is 40.3 Å². The molecule has 2 heterocycles. The lowest BCUT2D eigenvalue weighted by Gasteiger charge is -2.17. The Balaban J connectivity index is 0.000000234. The van der Waals surface area contributed by atoms with Crippen molar-refractivity contribution in [1.82, 2.24) is 4.98 Å². The maximum Gasteiger partial charge on any atom is 0.213 e. The molecule has 7 heteroatoms. The standard InChI is InChI=1S/C11H15NS.C4H4N2OS.H2O/c1-13-11-6-4-5-10(9-11)12-7-2-3-8-12;7-3-6-4-5-1-2-8-4;/h4-6,9H,2-3,7-8H2,1H3;1-3H,(H,5,6,7);1H2. The molecule has 0 unspecified atom stereocenters. The Hall–Kier alpha value is -1.57. The summed E-state index contributed by atoms with van der Waals surface area (Å²) in [6.45, 7) is 2.47. The van der Waals surface area contributed by atoms with E-state index in [0.29, 0.717) is 11.5 Å². The highest BCUT2D eigenvalue weighted by molar-refractivity contribution is 7.98. The number of thioether (sulfide) groups is 1. The van der Waals surface area contributed by atoms with Gasteiger partial charge in [0.2, 0.25) is 6.41 Å². The van der Waals surface area contributed by atoms with Crippen LogP contribution in [0.1, 0.15) is 12.8 Å². The summed E-state index contributed by atoms with van der Waals surface area (Å²) in [6.07, 6.45) is 7.07. The van der Waals surface area contributed by atoms with Crippen molar-refractivity contribution in [1.29, 1.82) is 0 Å². The number of aromatic nitrogens is 1. The Bertz CT molecular complexity index is 543. The first kappa shape index (κ1) is 18.5. The number of carbonyl (C=O) groups is 1. The highest BCUT2D eigenvalue weighted by atomic mass is 32.2. The number of anilines is 2. The molecule has 0 atom stereocenters. The summed E-state index contributed by atoms with van der Waals surface area (Å²) in [6, 6.07) is 8.82. The number of hydrogen-bond donors (Lipinski definition) is 1. The Kier molecular flexibility index (Phi) is 8.57. The van der Waals surface area contributed by atoms with Crippen LogP contribution in [0.15, 0.2) is 40.7 Å². The molecule has 1 aliphatic rings. The second kappa shape index (κ2) is 10.2. The molecule has 120 valence electrons. The fourth-order valence-corrected chi connectivity index (χ4v) is 3.07. The van der Waals surface area contributed by atoms with Crippen molar-refractivity contribution < 1.29 is 10.3 Å². The maximum absolute atomic E-state index is 9.73. The van der Waals surface area contributed by atoms with Crippen LogP contribution in [0.25, 0.3) is 0 Å². The topological polar surface area (TPSA) is 76.7 Å². The van der Waals surface area contributed by atoms with Gasteiger partial charge in [-0.15, -0.1) is 23.1 Å². The minimum atomic E-state index is 0. The predicted molar refractivity (Wildman–Crippen MR) is 95.1 cm³/mol. The predicted octanol–water partition coefficient (Wildman–Crippen LogP) is 2.90. The van der Waals surface area contributed by atoms with E-state index >= 15 is 0 Å². The number of hydrogen-bond acceptors (Lipinski definition) is 5. The van der Waals surface area contributed by atoms with Gasteiger partial charge in [-0.3, -0.25) is 4.79 Å². The molecular weight excluding hydrogens is 318 g/mol. The first-order valence-corrected chi connectivity index (χ1v) is 8.92. The van der Waals surface area contributed by atoms with E-state index in [1.54, 1.807) is 11.6 Å². The Morgan fingerprint density at radius 2 is 2.14 bits per heavy atom. The third-order valence-electron chi connectivity index (χ3n) is 3.14. The summed E-state index contributed by atoms with van der Waals surface area (Å²) in [5.41, 5.74) is 1.39. The van der Waals surface area contributed by atoms with Crippen LogP contribution in [0.2, 0.25) is 0 Å². The molecule has 22 heavy (non-hydrogen) atoms. The summed E-state index contributed by atoms with van der Waals surface area (Å²) in [5.74, 6) is 0. The van der Waals surface area contributed by atoms with E-state index in [1.807, 2.05) is 11.8 Å². The number of nitrogens with one attached hydrogen (secondary N) is 1. The number of thiazole rings is 1. The van der Waals surface area contributed by atoms with Gasteiger partial charge in [-0.05, 0) is 37.3 Å².